The first-order valence-corrected chi connectivity index (χ1v) is 9.69. The van der Waals surface area contributed by atoms with E-state index in [2.05, 4.69) is 0 Å². The topological polar surface area (TPSA) is 57.7 Å². The molecule has 1 heterocycles. The van der Waals surface area contributed by atoms with Gasteiger partial charge in [-0.25, -0.2) is 8.42 Å². The molecule has 1 aliphatic heterocycles. The van der Waals surface area contributed by atoms with Gasteiger partial charge in [0.05, 0.1) is 17.0 Å². The highest BCUT2D eigenvalue weighted by Crippen LogP contribution is 2.32. The van der Waals surface area contributed by atoms with E-state index < -0.39 is 10.0 Å². The third-order valence-electron chi connectivity index (χ3n) is 4.88. The SMILES string of the molecule is CN1C(=O)Cc2cc(S(=O)(=O)N(C)c3ccc4ccccc4c3)ccc21. The zero-order chi connectivity index (χ0) is 18.5. The van der Waals surface area contributed by atoms with Crippen LogP contribution in [-0.2, 0) is 21.2 Å². The molecule has 1 aliphatic rings. The van der Waals surface area contributed by atoms with Crippen LogP contribution in [0.15, 0.2) is 65.6 Å². The van der Waals surface area contributed by atoms with E-state index in [4.69, 9.17) is 0 Å². The molecule has 5 nitrogen and oxygen atoms in total. The summed E-state index contributed by atoms with van der Waals surface area (Å²) in [4.78, 5) is 13.6. The molecule has 3 aromatic rings. The van der Waals surface area contributed by atoms with E-state index in [1.807, 2.05) is 36.4 Å². The largest absolute Gasteiger partial charge is 0.315 e. The number of rotatable bonds is 3. The van der Waals surface area contributed by atoms with E-state index in [0.717, 1.165) is 22.0 Å². The van der Waals surface area contributed by atoms with Gasteiger partial charge in [0.2, 0.25) is 5.91 Å². The molecule has 0 unspecified atom stereocenters. The number of amides is 1. The van der Waals surface area contributed by atoms with Crippen molar-refractivity contribution in [2.75, 3.05) is 23.3 Å². The van der Waals surface area contributed by atoms with E-state index >= 15 is 0 Å². The molecule has 0 aliphatic carbocycles. The number of carbonyl (C=O) groups excluding carboxylic acids is 1. The summed E-state index contributed by atoms with van der Waals surface area (Å²) in [7, 11) is -0.470. The van der Waals surface area contributed by atoms with Crippen LogP contribution in [0, 0.1) is 0 Å². The summed E-state index contributed by atoms with van der Waals surface area (Å²) in [6, 6.07) is 18.2. The summed E-state index contributed by atoms with van der Waals surface area (Å²) in [6.45, 7) is 0. The Bertz CT molecular complexity index is 1140. The number of sulfonamides is 1. The summed E-state index contributed by atoms with van der Waals surface area (Å²) < 4.78 is 27.4. The molecule has 0 N–H and O–H groups in total. The lowest BCUT2D eigenvalue weighted by Gasteiger charge is -2.20. The molecule has 132 valence electrons. The predicted octanol–water partition coefficient (Wildman–Crippen LogP) is 3.18. The Morgan fingerprint density at radius 1 is 0.962 bits per heavy atom. The van der Waals surface area contributed by atoms with E-state index in [0.29, 0.717) is 5.69 Å². The van der Waals surface area contributed by atoms with Crippen molar-refractivity contribution >= 4 is 38.1 Å². The fourth-order valence-corrected chi connectivity index (χ4v) is 4.51. The van der Waals surface area contributed by atoms with Gasteiger partial charge in [0.15, 0.2) is 0 Å². The molecule has 0 fully saturated rings. The molecule has 6 heteroatoms. The number of benzene rings is 3. The first kappa shape index (κ1) is 16.6. The van der Waals surface area contributed by atoms with Crippen molar-refractivity contribution in [2.45, 2.75) is 11.3 Å². The second kappa shape index (κ2) is 5.85. The van der Waals surface area contributed by atoms with E-state index in [-0.39, 0.29) is 17.2 Å². The van der Waals surface area contributed by atoms with Crippen LogP contribution >= 0.6 is 0 Å². The molecule has 0 aromatic heterocycles. The summed E-state index contributed by atoms with van der Waals surface area (Å²) in [5, 5.41) is 2.04. The van der Waals surface area contributed by atoms with Crippen LogP contribution in [0.25, 0.3) is 10.8 Å². The average Bonchev–Trinajstić information content (AvgIpc) is 2.94. The lowest BCUT2D eigenvalue weighted by Crippen LogP contribution is -2.26. The number of fused-ring (bicyclic) bond motifs is 2. The van der Waals surface area contributed by atoms with Gasteiger partial charge < -0.3 is 4.90 Å². The second-order valence-electron chi connectivity index (χ2n) is 6.42. The van der Waals surface area contributed by atoms with Crippen molar-refractivity contribution in [3.05, 3.63) is 66.2 Å². The van der Waals surface area contributed by atoms with Gasteiger partial charge >= 0.3 is 0 Å². The molecule has 3 aromatic carbocycles. The quantitative estimate of drug-likeness (QED) is 0.715. The monoisotopic (exact) mass is 366 g/mol. The molecule has 26 heavy (non-hydrogen) atoms. The number of nitrogens with zero attached hydrogens (tertiary/aromatic N) is 2. The van der Waals surface area contributed by atoms with E-state index in [1.165, 1.54) is 4.31 Å². The van der Waals surface area contributed by atoms with Crippen molar-refractivity contribution in [3.8, 4) is 0 Å². The fraction of sp³-hybridized carbons (Fsp3) is 0.150. The Morgan fingerprint density at radius 3 is 2.46 bits per heavy atom. The lowest BCUT2D eigenvalue weighted by atomic mass is 10.1. The van der Waals surface area contributed by atoms with Gasteiger partial charge in [-0.3, -0.25) is 9.10 Å². The maximum absolute atomic E-state index is 13.1. The zero-order valence-corrected chi connectivity index (χ0v) is 15.3. The molecular weight excluding hydrogens is 348 g/mol. The van der Waals surface area contributed by atoms with Gasteiger partial charge in [0, 0.05) is 19.8 Å². The summed E-state index contributed by atoms with van der Waals surface area (Å²) in [5.74, 6) is -0.0302. The Labute approximate surface area is 152 Å². The standard InChI is InChI=1S/C20H18N2O3S/c1-21-19-10-9-18(12-16(19)13-20(21)23)26(24,25)22(2)17-8-7-14-5-3-4-6-15(14)11-17/h3-12H,13H2,1-2H3. The predicted molar refractivity (Wildman–Crippen MR) is 103 cm³/mol. The summed E-state index contributed by atoms with van der Waals surface area (Å²) in [5.41, 5.74) is 2.10. The van der Waals surface area contributed by atoms with Crippen LogP contribution in [-0.4, -0.2) is 28.4 Å². The molecule has 0 bridgehead atoms. The minimum Gasteiger partial charge on any atom is -0.315 e. The minimum atomic E-state index is -3.71. The van der Waals surface area contributed by atoms with Gasteiger partial charge in [-0.2, -0.15) is 0 Å². The number of hydrogen-bond acceptors (Lipinski definition) is 3. The Kier molecular flexibility index (Phi) is 3.73. The number of likely N-dealkylation sites (N-methyl/N-ethyl adjacent to an activating group) is 1. The van der Waals surface area contributed by atoms with Gasteiger partial charge in [0.1, 0.15) is 0 Å². The number of carbonyl (C=O) groups is 1. The maximum Gasteiger partial charge on any atom is 0.264 e. The smallest absolute Gasteiger partial charge is 0.264 e. The van der Waals surface area contributed by atoms with Crippen molar-refractivity contribution < 1.29 is 13.2 Å². The number of hydrogen-bond donors (Lipinski definition) is 0. The van der Waals surface area contributed by atoms with Gasteiger partial charge in [-0.1, -0.05) is 30.3 Å². The molecule has 1 amide bonds. The van der Waals surface area contributed by atoms with E-state index in [9.17, 15) is 13.2 Å². The Morgan fingerprint density at radius 2 is 1.69 bits per heavy atom. The third kappa shape index (κ3) is 2.54. The van der Waals surface area contributed by atoms with Crippen LogP contribution in [0.1, 0.15) is 5.56 Å². The molecule has 0 saturated carbocycles. The van der Waals surface area contributed by atoms with Gasteiger partial charge in [-0.05, 0) is 46.7 Å². The second-order valence-corrected chi connectivity index (χ2v) is 8.39. The number of anilines is 2. The van der Waals surface area contributed by atoms with Gasteiger partial charge in [-0.15, -0.1) is 0 Å². The first-order chi connectivity index (χ1) is 12.4. The van der Waals surface area contributed by atoms with Crippen molar-refractivity contribution in [3.63, 3.8) is 0 Å². The van der Waals surface area contributed by atoms with Crippen LogP contribution < -0.4 is 9.21 Å². The highest BCUT2D eigenvalue weighted by molar-refractivity contribution is 7.92. The molecule has 0 saturated heterocycles. The lowest BCUT2D eigenvalue weighted by molar-refractivity contribution is -0.117. The molecule has 0 atom stereocenters. The third-order valence-corrected chi connectivity index (χ3v) is 6.66. The minimum absolute atomic E-state index is 0.0302. The Hall–Kier alpha value is -2.86. The normalized spacial score (nSPS) is 13.9. The highest BCUT2D eigenvalue weighted by Gasteiger charge is 2.28. The van der Waals surface area contributed by atoms with Crippen molar-refractivity contribution in [2.24, 2.45) is 0 Å². The molecule has 0 radical (unpaired) electrons. The molecule has 0 spiro atoms. The molecular formula is C20H18N2O3S. The van der Waals surface area contributed by atoms with Crippen molar-refractivity contribution in [1.82, 2.24) is 0 Å². The highest BCUT2D eigenvalue weighted by atomic mass is 32.2. The van der Waals surface area contributed by atoms with Crippen LogP contribution in [0.5, 0.6) is 0 Å². The van der Waals surface area contributed by atoms with Crippen LogP contribution in [0.4, 0.5) is 11.4 Å². The van der Waals surface area contributed by atoms with E-state index in [1.54, 1.807) is 43.3 Å². The summed E-state index contributed by atoms with van der Waals surface area (Å²) in [6.07, 6.45) is 0.231. The van der Waals surface area contributed by atoms with Crippen LogP contribution in [0.2, 0.25) is 0 Å². The average molecular weight is 366 g/mol. The maximum atomic E-state index is 13.1. The first-order valence-electron chi connectivity index (χ1n) is 8.25. The molecule has 4 rings (SSSR count). The van der Waals surface area contributed by atoms with Crippen LogP contribution in [0.3, 0.4) is 0 Å². The van der Waals surface area contributed by atoms with Gasteiger partial charge in [0.25, 0.3) is 10.0 Å². The van der Waals surface area contributed by atoms with Crippen molar-refractivity contribution in [1.29, 1.82) is 0 Å². The zero-order valence-electron chi connectivity index (χ0n) is 14.5. The summed E-state index contributed by atoms with van der Waals surface area (Å²) >= 11 is 0. The fourth-order valence-electron chi connectivity index (χ4n) is 3.28. The Balaban J connectivity index is 1.74.